The van der Waals surface area contributed by atoms with Crippen LogP contribution < -0.4 is 10.6 Å². The van der Waals surface area contributed by atoms with Crippen LogP contribution in [-0.2, 0) is 32.7 Å². The van der Waals surface area contributed by atoms with E-state index in [1.807, 2.05) is 24.4 Å². The fourth-order valence-corrected chi connectivity index (χ4v) is 4.55. The lowest BCUT2D eigenvalue weighted by atomic mass is 9.95. The number of rotatable bonds is 8. The second-order valence-electron chi connectivity index (χ2n) is 8.26. The number of carbonyl (C=O) groups excluding carboxylic acids is 3. The van der Waals surface area contributed by atoms with Crippen LogP contribution >= 0.6 is 22.9 Å². The number of ether oxygens (including phenoxy) is 1. The number of anilines is 1. The largest absolute Gasteiger partial charge is 0.465 e. The molecule has 1 heterocycles. The molecule has 0 radical (unpaired) electrons. The molecule has 4 rings (SSSR count). The number of hydrogen-bond donors (Lipinski definition) is 2. The first kappa shape index (κ1) is 23.9. The lowest BCUT2D eigenvalue weighted by Gasteiger charge is -2.17. The Balaban J connectivity index is 1.49. The average Bonchev–Trinajstić information content (AvgIpc) is 3.54. The third kappa shape index (κ3) is 5.46. The van der Waals surface area contributed by atoms with Gasteiger partial charge < -0.3 is 15.4 Å². The monoisotopic (exact) mass is 497 g/mol. The average molecular weight is 498 g/mol. The van der Waals surface area contributed by atoms with E-state index in [2.05, 4.69) is 15.6 Å². The number of benzene rings is 2. The molecule has 0 bridgehead atoms. The Morgan fingerprint density at radius 1 is 1.15 bits per heavy atom. The Morgan fingerprint density at radius 2 is 1.88 bits per heavy atom. The molecular formula is C25H24ClN3O4S. The number of aromatic nitrogens is 1. The van der Waals surface area contributed by atoms with E-state index < -0.39 is 11.4 Å². The zero-order valence-electron chi connectivity index (χ0n) is 18.8. The van der Waals surface area contributed by atoms with E-state index in [9.17, 15) is 14.4 Å². The van der Waals surface area contributed by atoms with Crippen LogP contribution in [0.5, 0.6) is 0 Å². The number of aryl methyl sites for hydroxylation is 1. The lowest BCUT2D eigenvalue weighted by molar-refractivity contribution is -0.120. The number of nitrogens with one attached hydrogen (secondary N) is 2. The van der Waals surface area contributed by atoms with E-state index >= 15 is 0 Å². The van der Waals surface area contributed by atoms with Crippen molar-refractivity contribution in [2.75, 3.05) is 12.4 Å². The predicted octanol–water partition coefficient (Wildman–Crippen LogP) is 4.42. The van der Waals surface area contributed by atoms with Crippen molar-refractivity contribution in [2.24, 2.45) is 0 Å². The van der Waals surface area contributed by atoms with Crippen LogP contribution in [0, 0.1) is 6.92 Å². The Hall–Kier alpha value is -3.23. The molecule has 9 heteroatoms. The summed E-state index contributed by atoms with van der Waals surface area (Å²) < 4.78 is 4.86. The number of hydrogen-bond acceptors (Lipinski definition) is 6. The van der Waals surface area contributed by atoms with Crippen molar-refractivity contribution in [2.45, 2.75) is 38.1 Å². The van der Waals surface area contributed by atoms with Crippen molar-refractivity contribution in [1.29, 1.82) is 0 Å². The molecule has 3 aromatic rings. The molecule has 2 N–H and O–H groups in total. The summed E-state index contributed by atoms with van der Waals surface area (Å²) in [6.07, 6.45) is 1.64. The van der Waals surface area contributed by atoms with Gasteiger partial charge in [0.25, 0.3) is 0 Å². The Labute approximate surface area is 206 Å². The van der Waals surface area contributed by atoms with E-state index in [-0.39, 0.29) is 30.3 Å². The summed E-state index contributed by atoms with van der Waals surface area (Å²) in [4.78, 5) is 42.0. The third-order valence-electron chi connectivity index (χ3n) is 5.75. The van der Waals surface area contributed by atoms with Gasteiger partial charge in [0.15, 0.2) is 0 Å². The van der Waals surface area contributed by atoms with Crippen LogP contribution in [0.4, 0.5) is 5.69 Å². The smallest absolute Gasteiger partial charge is 0.337 e. The second kappa shape index (κ2) is 9.95. The molecule has 1 aliphatic rings. The molecule has 1 aliphatic carbocycles. The minimum absolute atomic E-state index is 0.147. The molecule has 0 aliphatic heterocycles. The van der Waals surface area contributed by atoms with Crippen molar-refractivity contribution in [3.8, 4) is 0 Å². The fourth-order valence-electron chi connectivity index (χ4n) is 3.81. The van der Waals surface area contributed by atoms with Gasteiger partial charge in [0.05, 0.1) is 35.2 Å². The van der Waals surface area contributed by atoms with E-state index in [0.717, 1.165) is 23.4 Å². The van der Waals surface area contributed by atoms with Crippen molar-refractivity contribution in [1.82, 2.24) is 10.3 Å². The number of esters is 1. The van der Waals surface area contributed by atoms with Crippen LogP contribution in [0.1, 0.15) is 45.0 Å². The number of halogens is 1. The van der Waals surface area contributed by atoms with E-state index in [4.69, 9.17) is 16.3 Å². The first-order chi connectivity index (χ1) is 16.3. The molecule has 7 nitrogen and oxygen atoms in total. The number of carbonyl (C=O) groups is 3. The maximum absolute atomic E-state index is 13.2. The maximum Gasteiger partial charge on any atom is 0.337 e. The SMILES string of the molecule is COC(=O)c1cc(CNC(=O)Cc2csc(C)n2)cc(NC(=O)C2(c3ccc(Cl)cc3)CC2)c1. The standard InChI is InChI=1S/C25H24ClN3O4S/c1-15-28-21(14-34-15)12-22(30)27-13-16-9-17(23(31)33-2)11-20(10-16)29-24(32)25(7-8-25)18-3-5-19(26)6-4-18/h3-6,9-11,14H,7-8,12-13H2,1-2H3,(H,27,30)(H,29,32). The molecule has 0 saturated heterocycles. The van der Waals surface area contributed by atoms with Crippen LogP contribution in [0.2, 0.25) is 5.02 Å². The summed E-state index contributed by atoms with van der Waals surface area (Å²) in [5.41, 5.74) is 2.43. The number of thiazole rings is 1. The maximum atomic E-state index is 13.2. The first-order valence-corrected chi connectivity index (χ1v) is 12.0. The van der Waals surface area contributed by atoms with Gasteiger partial charge in [-0.25, -0.2) is 9.78 Å². The highest BCUT2D eigenvalue weighted by atomic mass is 35.5. The molecule has 176 valence electrons. The van der Waals surface area contributed by atoms with Gasteiger partial charge in [-0.2, -0.15) is 0 Å². The van der Waals surface area contributed by atoms with Gasteiger partial charge in [-0.05, 0) is 61.2 Å². The van der Waals surface area contributed by atoms with Crippen LogP contribution in [0.15, 0.2) is 47.8 Å². The van der Waals surface area contributed by atoms with Crippen molar-refractivity contribution in [3.05, 3.63) is 80.3 Å². The highest BCUT2D eigenvalue weighted by Gasteiger charge is 2.51. The minimum Gasteiger partial charge on any atom is -0.465 e. The number of nitrogens with zero attached hydrogens (tertiary/aromatic N) is 1. The summed E-state index contributed by atoms with van der Waals surface area (Å²) in [5.74, 6) is -0.856. The number of methoxy groups -OCH3 is 1. The van der Waals surface area contributed by atoms with E-state index in [1.54, 1.807) is 30.3 Å². The van der Waals surface area contributed by atoms with E-state index in [0.29, 0.717) is 22.0 Å². The first-order valence-electron chi connectivity index (χ1n) is 10.8. The van der Waals surface area contributed by atoms with Gasteiger partial charge >= 0.3 is 5.97 Å². The molecule has 1 saturated carbocycles. The molecule has 1 fully saturated rings. The zero-order chi connectivity index (χ0) is 24.3. The van der Waals surface area contributed by atoms with Crippen molar-refractivity contribution < 1.29 is 19.1 Å². The summed E-state index contributed by atoms with van der Waals surface area (Å²) in [6.45, 7) is 2.08. The Kier molecular flexibility index (Phi) is 7.00. The molecule has 2 amide bonds. The van der Waals surface area contributed by atoms with Gasteiger partial charge in [-0.15, -0.1) is 11.3 Å². The van der Waals surface area contributed by atoms with Crippen molar-refractivity contribution >= 4 is 46.4 Å². The molecule has 0 unspecified atom stereocenters. The quantitative estimate of drug-likeness (QED) is 0.449. The molecular weight excluding hydrogens is 474 g/mol. The summed E-state index contributed by atoms with van der Waals surface area (Å²) in [7, 11) is 1.30. The zero-order valence-corrected chi connectivity index (χ0v) is 20.4. The minimum atomic E-state index is -0.605. The lowest BCUT2D eigenvalue weighted by Crippen LogP contribution is -2.28. The molecule has 0 atom stereocenters. The van der Waals surface area contributed by atoms with Gasteiger partial charge in [0.2, 0.25) is 11.8 Å². The molecule has 0 spiro atoms. The molecule has 1 aromatic heterocycles. The topological polar surface area (TPSA) is 97.4 Å². The van der Waals surface area contributed by atoms with Gasteiger partial charge in [-0.1, -0.05) is 23.7 Å². The summed E-state index contributed by atoms with van der Waals surface area (Å²) in [6, 6.07) is 12.2. The van der Waals surface area contributed by atoms with Crippen LogP contribution in [0.3, 0.4) is 0 Å². The molecule has 34 heavy (non-hydrogen) atoms. The normalized spacial score (nSPS) is 13.7. The van der Waals surface area contributed by atoms with Crippen LogP contribution in [-0.4, -0.2) is 29.9 Å². The summed E-state index contributed by atoms with van der Waals surface area (Å²) in [5, 5.41) is 9.16. The third-order valence-corrected chi connectivity index (χ3v) is 6.83. The van der Waals surface area contributed by atoms with Gasteiger partial charge in [0.1, 0.15) is 0 Å². The Morgan fingerprint density at radius 3 is 2.50 bits per heavy atom. The fraction of sp³-hybridized carbons (Fsp3) is 0.280. The van der Waals surface area contributed by atoms with Crippen molar-refractivity contribution in [3.63, 3.8) is 0 Å². The second-order valence-corrected chi connectivity index (χ2v) is 9.76. The Bertz CT molecular complexity index is 1240. The summed E-state index contributed by atoms with van der Waals surface area (Å²) >= 11 is 7.48. The molecule has 2 aromatic carbocycles. The van der Waals surface area contributed by atoms with Gasteiger partial charge in [-0.3, -0.25) is 9.59 Å². The van der Waals surface area contributed by atoms with Crippen LogP contribution in [0.25, 0.3) is 0 Å². The highest BCUT2D eigenvalue weighted by Crippen LogP contribution is 2.49. The van der Waals surface area contributed by atoms with E-state index in [1.165, 1.54) is 18.4 Å². The highest BCUT2D eigenvalue weighted by molar-refractivity contribution is 7.09. The van der Waals surface area contributed by atoms with Gasteiger partial charge in [0, 0.05) is 22.6 Å². The number of amides is 2. The predicted molar refractivity (Wildman–Crippen MR) is 131 cm³/mol.